The topological polar surface area (TPSA) is 93.2 Å². The number of aromatic nitrogens is 2. The fourth-order valence-electron chi connectivity index (χ4n) is 2.90. The monoisotopic (exact) mass is 367 g/mol. The summed E-state index contributed by atoms with van der Waals surface area (Å²) in [7, 11) is 1.62. The van der Waals surface area contributed by atoms with Gasteiger partial charge in [0, 0.05) is 19.5 Å². The van der Waals surface area contributed by atoms with Gasteiger partial charge in [0.1, 0.15) is 5.75 Å². The molecule has 0 fully saturated rings. The summed E-state index contributed by atoms with van der Waals surface area (Å²) < 4.78 is 6.53. The van der Waals surface area contributed by atoms with E-state index in [1.807, 2.05) is 24.3 Å². The molecule has 0 aliphatic rings. The Balaban J connectivity index is 1.57. The molecule has 0 unspecified atom stereocenters. The number of hydrogen-bond acceptors (Lipinski definition) is 4. The van der Waals surface area contributed by atoms with Gasteiger partial charge in [-0.1, -0.05) is 24.3 Å². The summed E-state index contributed by atoms with van der Waals surface area (Å²) in [5.41, 5.74) is 0.691. The molecule has 7 heteroatoms. The van der Waals surface area contributed by atoms with E-state index in [9.17, 15) is 14.4 Å². The van der Waals surface area contributed by atoms with E-state index in [1.165, 1.54) is 4.57 Å². The molecule has 2 N–H and O–H groups in total. The van der Waals surface area contributed by atoms with Gasteiger partial charge in [-0.05, 0) is 36.2 Å². The second kappa shape index (κ2) is 8.35. The number of carbonyl (C=O) groups is 1. The first kappa shape index (κ1) is 18.4. The predicted octanol–water partition coefficient (Wildman–Crippen LogP) is 1.45. The van der Waals surface area contributed by atoms with Gasteiger partial charge in [0.2, 0.25) is 5.91 Å². The smallest absolute Gasteiger partial charge is 0.328 e. The highest BCUT2D eigenvalue weighted by Crippen LogP contribution is 2.11. The zero-order chi connectivity index (χ0) is 19.2. The Morgan fingerprint density at radius 2 is 1.85 bits per heavy atom. The molecule has 0 aliphatic carbocycles. The van der Waals surface area contributed by atoms with Gasteiger partial charge in [0.25, 0.3) is 5.56 Å². The SMILES string of the molecule is COc1ccc(CCNC(=O)CCn2c(=O)[nH]c(=O)c3ccccc32)cc1. The molecule has 0 saturated carbocycles. The maximum absolute atomic E-state index is 12.1. The minimum atomic E-state index is -0.510. The second-order valence-electron chi connectivity index (χ2n) is 6.13. The molecule has 1 amide bonds. The van der Waals surface area contributed by atoms with Gasteiger partial charge in [-0.15, -0.1) is 0 Å². The van der Waals surface area contributed by atoms with Crippen molar-refractivity contribution in [3.63, 3.8) is 0 Å². The molecule has 0 spiro atoms. The fourth-order valence-corrected chi connectivity index (χ4v) is 2.90. The van der Waals surface area contributed by atoms with Crippen molar-refractivity contribution >= 4 is 16.8 Å². The van der Waals surface area contributed by atoms with Gasteiger partial charge >= 0.3 is 5.69 Å². The average Bonchev–Trinajstić information content (AvgIpc) is 2.68. The second-order valence-corrected chi connectivity index (χ2v) is 6.13. The van der Waals surface area contributed by atoms with Crippen LogP contribution < -0.4 is 21.3 Å². The van der Waals surface area contributed by atoms with Crippen molar-refractivity contribution in [2.75, 3.05) is 13.7 Å². The molecule has 7 nitrogen and oxygen atoms in total. The van der Waals surface area contributed by atoms with Crippen molar-refractivity contribution in [3.8, 4) is 5.75 Å². The van der Waals surface area contributed by atoms with E-state index in [0.29, 0.717) is 23.9 Å². The zero-order valence-corrected chi connectivity index (χ0v) is 15.0. The number of nitrogens with one attached hydrogen (secondary N) is 2. The van der Waals surface area contributed by atoms with Crippen LogP contribution in [0.3, 0.4) is 0 Å². The Hall–Kier alpha value is -3.35. The molecule has 140 valence electrons. The molecule has 1 aromatic heterocycles. The lowest BCUT2D eigenvalue weighted by Crippen LogP contribution is -2.33. The number of para-hydroxylation sites is 1. The van der Waals surface area contributed by atoms with Crippen LogP contribution in [0.4, 0.5) is 0 Å². The van der Waals surface area contributed by atoms with E-state index >= 15 is 0 Å². The number of carbonyl (C=O) groups excluding carboxylic acids is 1. The summed E-state index contributed by atoms with van der Waals surface area (Å²) >= 11 is 0. The molecule has 3 aromatic rings. The lowest BCUT2D eigenvalue weighted by atomic mass is 10.1. The van der Waals surface area contributed by atoms with Crippen molar-refractivity contribution in [2.45, 2.75) is 19.4 Å². The molecular formula is C20H21N3O4. The standard InChI is InChI=1S/C20H21N3O4/c1-27-15-8-6-14(7-9-15)10-12-21-18(24)11-13-23-17-5-3-2-4-16(17)19(25)22-20(23)26/h2-9H,10-13H2,1H3,(H,21,24)(H,22,25,26). The van der Waals surface area contributed by atoms with Crippen LogP contribution in [0.1, 0.15) is 12.0 Å². The molecule has 0 bridgehead atoms. The van der Waals surface area contributed by atoms with Crippen LogP contribution >= 0.6 is 0 Å². The number of aromatic amines is 1. The molecule has 0 aliphatic heterocycles. The van der Waals surface area contributed by atoms with Crippen LogP contribution in [0.25, 0.3) is 10.9 Å². The highest BCUT2D eigenvalue weighted by molar-refractivity contribution is 5.78. The van der Waals surface area contributed by atoms with E-state index < -0.39 is 11.2 Å². The summed E-state index contributed by atoms with van der Waals surface area (Å²) in [6.45, 7) is 0.705. The van der Waals surface area contributed by atoms with E-state index in [2.05, 4.69) is 10.3 Å². The Morgan fingerprint density at radius 1 is 1.11 bits per heavy atom. The van der Waals surface area contributed by atoms with Crippen molar-refractivity contribution in [3.05, 3.63) is 74.9 Å². The van der Waals surface area contributed by atoms with Crippen molar-refractivity contribution < 1.29 is 9.53 Å². The van der Waals surface area contributed by atoms with Crippen molar-refractivity contribution in [1.29, 1.82) is 0 Å². The normalized spacial score (nSPS) is 10.7. The Labute approximate surface area is 155 Å². The van der Waals surface area contributed by atoms with Crippen LogP contribution in [0.2, 0.25) is 0 Å². The Morgan fingerprint density at radius 3 is 2.59 bits per heavy atom. The van der Waals surface area contributed by atoms with Gasteiger partial charge in [0.15, 0.2) is 0 Å². The number of methoxy groups -OCH3 is 1. The fraction of sp³-hybridized carbons (Fsp3) is 0.250. The molecule has 0 atom stereocenters. The predicted molar refractivity (Wildman–Crippen MR) is 103 cm³/mol. The summed E-state index contributed by atoms with van der Waals surface area (Å²) in [6.07, 6.45) is 0.857. The van der Waals surface area contributed by atoms with Crippen LogP contribution in [0.5, 0.6) is 5.75 Å². The maximum Gasteiger partial charge on any atom is 0.328 e. The van der Waals surface area contributed by atoms with Gasteiger partial charge in [0.05, 0.1) is 18.0 Å². The Kier molecular flexibility index (Phi) is 5.71. The summed E-state index contributed by atoms with van der Waals surface area (Å²) in [5.74, 6) is 0.645. The van der Waals surface area contributed by atoms with Gasteiger partial charge in [-0.3, -0.25) is 19.1 Å². The van der Waals surface area contributed by atoms with E-state index in [1.54, 1.807) is 31.4 Å². The lowest BCUT2D eigenvalue weighted by Gasteiger charge is -2.10. The van der Waals surface area contributed by atoms with Gasteiger partial charge in [-0.25, -0.2) is 4.79 Å². The third kappa shape index (κ3) is 4.44. The first-order chi connectivity index (χ1) is 13.1. The van der Waals surface area contributed by atoms with Gasteiger partial charge < -0.3 is 10.1 Å². The minimum Gasteiger partial charge on any atom is -0.497 e. The number of hydrogen-bond donors (Lipinski definition) is 2. The molecule has 1 heterocycles. The summed E-state index contributed by atoms with van der Waals surface area (Å²) in [6, 6.07) is 14.5. The van der Waals surface area contributed by atoms with Crippen LogP contribution in [-0.4, -0.2) is 29.1 Å². The maximum atomic E-state index is 12.1. The highest BCUT2D eigenvalue weighted by Gasteiger charge is 2.09. The third-order valence-electron chi connectivity index (χ3n) is 4.36. The van der Waals surface area contributed by atoms with Crippen LogP contribution in [0, 0.1) is 0 Å². The van der Waals surface area contributed by atoms with Crippen LogP contribution in [-0.2, 0) is 17.8 Å². The third-order valence-corrected chi connectivity index (χ3v) is 4.36. The number of nitrogens with zero attached hydrogens (tertiary/aromatic N) is 1. The quantitative estimate of drug-likeness (QED) is 0.661. The highest BCUT2D eigenvalue weighted by atomic mass is 16.5. The first-order valence-corrected chi connectivity index (χ1v) is 8.70. The Bertz CT molecular complexity index is 1050. The summed E-state index contributed by atoms with van der Waals surface area (Å²) in [4.78, 5) is 38.3. The number of rotatable bonds is 7. The largest absolute Gasteiger partial charge is 0.497 e. The number of aryl methyl sites for hydroxylation is 1. The molecule has 27 heavy (non-hydrogen) atoms. The lowest BCUT2D eigenvalue weighted by molar-refractivity contribution is -0.121. The van der Waals surface area contributed by atoms with Gasteiger partial charge in [-0.2, -0.15) is 0 Å². The van der Waals surface area contributed by atoms with E-state index in [-0.39, 0.29) is 18.9 Å². The number of H-pyrrole nitrogens is 1. The number of ether oxygens (including phenoxy) is 1. The van der Waals surface area contributed by atoms with E-state index in [4.69, 9.17) is 4.74 Å². The van der Waals surface area contributed by atoms with Crippen LogP contribution in [0.15, 0.2) is 58.1 Å². The van der Waals surface area contributed by atoms with Crippen molar-refractivity contribution in [1.82, 2.24) is 14.9 Å². The molecule has 2 aromatic carbocycles. The molecule has 3 rings (SSSR count). The molecule has 0 radical (unpaired) electrons. The number of amides is 1. The zero-order valence-electron chi connectivity index (χ0n) is 15.0. The van der Waals surface area contributed by atoms with Crippen molar-refractivity contribution in [2.24, 2.45) is 0 Å². The average molecular weight is 367 g/mol. The summed E-state index contributed by atoms with van der Waals surface area (Å²) in [5, 5.41) is 3.28. The number of fused-ring (bicyclic) bond motifs is 1. The minimum absolute atomic E-state index is 0.148. The number of benzene rings is 2. The first-order valence-electron chi connectivity index (χ1n) is 8.70. The molecular weight excluding hydrogens is 346 g/mol. The molecule has 0 saturated heterocycles. The van der Waals surface area contributed by atoms with E-state index in [0.717, 1.165) is 11.3 Å².